The third-order valence-corrected chi connectivity index (χ3v) is 1.89. The van der Waals surface area contributed by atoms with E-state index in [0.717, 1.165) is 19.6 Å². The smallest absolute Gasteiger partial charge is 0.132 e. The van der Waals surface area contributed by atoms with Crippen LogP contribution in [0.25, 0.3) is 0 Å². The second-order valence-corrected chi connectivity index (χ2v) is 2.47. The van der Waals surface area contributed by atoms with E-state index in [4.69, 9.17) is 4.74 Å². The van der Waals surface area contributed by atoms with Gasteiger partial charge in [0.2, 0.25) is 0 Å². The number of rotatable bonds is 1. The summed E-state index contributed by atoms with van der Waals surface area (Å²) in [7, 11) is 0. The molecule has 1 aliphatic heterocycles. The Hall–Kier alpha value is -0.120. The first kappa shape index (κ1) is 6.99. The standard InChI is InChI=1S/C6H14NO2/c1-2-7(8)3-5-9-6-4-7/h8H,2-6H2,1H3/q+1. The third-order valence-electron chi connectivity index (χ3n) is 1.89. The third kappa shape index (κ3) is 1.64. The van der Waals surface area contributed by atoms with Crippen LogP contribution < -0.4 is 0 Å². The fraction of sp³-hybridized carbons (Fsp3) is 1.00. The van der Waals surface area contributed by atoms with Crippen molar-refractivity contribution in [3.05, 3.63) is 0 Å². The van der Waals surface area contributed by atoms with Crippen molar-refractivity contribution < 1.29 is 14.6 Å². The van der Waals surface area contributed by atoms with Gasteiger partial charge in [-0.1, -0.05) is 0 Å². The topological polar surface area (TPSA) is 29.5 Å². The van der Waals surface area contributed by atoms with Gasteiger partial charge in [0.25, 0.3) is 0 Å². The molecular formula is C6H14NO2+. The number of hydroxylamine groups is 3. The summed E-state index contributed by atoms with van der Waals surface area (Å²) in [5, 5.41) is 9.54. The van der Waals surface area contributed by atoms with Gasteiger partial charge in [-0.25, -0.2) is 5.21 Å². The van der Waals surface area contributed by atoms with Crippen molar-refractivity contribution in [1.82, 2.24) is 0 Å². The maximum atomic E-state index is 9.54. The molecule has 0 aromatic carbocycles. The molecule has 1 heterocycles. The van der Waals surface area contributed by atoms with Gasteiger partial charge in [-0.2, -0.15) is 4.65 Å². The molecule has 0 radical (unpaired) electrons. The molecule has 54 valence electrons. The van der Waals surface area contributed by atoms with E-state index in [0.29, 0.717) is 13.2 Å². The van der Waals surface area contributed by atoms with Crippen molar-refractivity contribution in [2.24, 2.45) is 0 Å². The highest BCUT2D eigenvalue weighted by molar-refractivity contribution is 4.40. The highest BCUT2D eigenvalue weighted by atomic mass is 16.6. The summed E-state index contributed by atoms with van der Waals surface area (Å²) in [5.41, 5.74) is 0. The minimum absolute atomic E-state index is 0.194. The zero-order valence-corrected chi connectivity index (χ0v) is 5.84. The summed E-state index contributed by atoms with van der Waals surface area (Å²) in [6.45, 7) is 5.68. The lowest BCUT2D eigenvalue weighted by atomic mass is 10.4. The number of nitrogens with zero attached hydrogens (tertiary/aromatic N) is 1. The lowest BCUT2D eigenvalue weighted by Gasteiger charge is -2.31. The fourth-order valence-electron chi connectivity index (χ4n) is 0.999. The Bertz CT molecular complexity index is 89.1. The minimum Gasteiger partial charge on any atom is -0.370 e. The zero-order chi connectivity index (χ0) is 6.74. The number of morpholine rings is 1. The Morgan fingerprint density at radius 2 is 2.00 bits per heavy atom. The highest BCUT2D eigenvalue weighted by Crippen LogP contribution is 2.04. The maximum Gasteiger partial charge on any atom is 0.132 e. The molecule has 0 saturated carbocycles. The van der Waals surface area contributed by atoms with Crippen molar-refractivity contribution in [2.75, 3.05) is 32.8 Å². The van der Waals surface area contributed by atoms with Crippen LogP contribution in [0.3, 0.4) is 0 Å². The van der Waals surface area contributed by atoms with Gasteiger partial charge in [0.1, 0.15) is 19.6 Å². The first-order chi connectivity index (χ1) is 4.27. The summed E-state index contributed by atoms with van der Waals surface area (Å²) < 4.78 is 5.29. The van der Waals surface area contributed by atoms with Crippen molar-refractivity contribution >= 4 is 0 Å². The van der Waals surface area contributed by atoms with Crippen LogP contribution in [0, 0.1) is 0 Å². The van der Waals surface area contributed by atoms with E-state index in [9.17, 15) is 5.21 Å². The van der Waals surface area contributed by atoms with Crippen molar-refractivity contribution in [2.45, 2.75) is 6.92 Å². The monoisotopic (exact) mass is 132 g/mol. The van der Waals surface area contributed by atoms with Crippen LogP contribution >= 0.6 is 0 Å². The van der Waals surface area contributed by atoms with Crippen LogP contribution in [-0.2, 0) is 4.74 Å². The van der Waals surface area contributed by atoms with Crippen LogP contribution in [0.5, 0.6) is 0 Å². The van der Waals surface area contributed by atoms with Gasteiger partial charge < -0.3 is 4.74 Å². The van der Waals surface area contributed by atoms with Gasteiger partial charge in [0, 0.05) is 0 Å². The molecular weight excluding hydrogens is 118 g/mol. The lowest BCUT2D eigenvalue weighted by molar-refractivity contribution is -1.10. The SMILES string of the molecule is CC[N+]1(O)CCOCC1. The number of hydrogen-bond donors (Lipinski definition) is 1. The molecule has 3 nitrogen and oxygen atoms in total. The average molecular weight is 132 g/mol. The van der Waals surface area contributed by atoms with E-state index in [1.54, 1.807) is 0 Å². The Kier molecular flexibility index (Phi) is 2.05. The van der Waals surface area contributed by atoms with E-state index in [1.807, 2.05) is 6.92 Å². The van der Waals surface area contributed by atoms with Crippen molar-refractivity contribution in [3.63, 3.8) is 0 Å². The molecule has 1 aliphatic rings. The summed E-state index contributed by atoms with van der Waals surface area (Å²) in [5.74, 6) is 0. The molecule has 0 spiro atoms. The molecule has 9 heavy (non-hydrogen) atoms. The molecule has 0 aliphatic carbocycles. The normalized spacial score (nSPS) is 26.0. The zero-order valence-electron chi connectivity index (χ0n) is 5.84. The summed E-state index contributed by atoms with van der Waals surface area (Å²) in [4.78, 5) is 0. The average Bonchev–Trinajstić information content (AvgIpc) is 1.90. The highest BCUT2D eigenvalue weighted by Gasteiger charge is 2.25. The van der Waals surface area contributed by atoms with E-state index in [2.05, 4.69) is 0 Å². The van der Waals surface area contributed by atoms with E-state index < -0.39 is 0 Å². The van der Waals surface area contributed by atoms with E-state index in [1.165, 1.54) is 0 Å². The van der Waals surface area contributed by atoms with Crippen LogP contribution in [0.2, 0.25) is 0 Å². The Morgan fingerprint density at radius 3 is 2.33 bits per heavy atom. The first-order valence-corrected chi connectivity index (χ1v) is 3.43. The van der Waals surface area contributed by atoms with E-state index >= 15 is 0 Å². The second-order valence-electron chi connectivity index (χ2n) is 2.47. The van der Waals surface area contributed by atoms with Gasteiger partial charge in [-0.3, -0.25) is 0 Å². The predicted molar refractivity (Wildman–Crippen MR) is 33.1 cm³/mol. The minimum atomic E-state index is 0.194. The maximum absolute atomic E-state index is 9.54. The van der Waals surface area contributed by atoms with Gasteiger partial charge in [-0.05, 0) is 6.92 Å². The predicted octanol–water partition coefficient (Wildman–Crippen LogP) is 0.242. The van der Waals surface area contributed by atoms with Crippen LogP contribution in [-0.4, -0.2) is 42.7 Å². The first-order valence-electron chi connectivity index (χ1n) is 3.43. The molecule has 0 aromatic heterocycles. The number of likely N-dealkylation sites (N-methyl/N-ethyl adjacent to an activating group) is 1. The summed E-state index contributed by atoms with van der Waals surface area (Å²) in [6, 6.07) is 0. The number of quaternary nitrogens is 1. The molecule has 0 bridgehead atoms. The molecule has 0 atom stereocenters. The number of ether oxygens (including phenoxy) is 1. The molecule has 0 amide bonds. The van der Waals surface area contributed by atoms with Gasteiger partial charge in [0.05, 0.1) is 13.2 Å². The molecule has 0 aromatic rings. The second kappa shape index (κ2) is 2.64. The molecule has 1 rings (SSSR count). The van der Waals surface area contributed by atoms with Crippen molar-refractivity contribution in [3.8, 4) is 0 Å². The van der Waals surface area contributed by atoms with Gasteiger partial charge >= 0.3 is 0 Å². The summed E-state index contributed by atoms with van der Waals surface area (Å²) >= 11 is 0. The molecule has 0 unspecified atom stereocenters. The number of hydrogen-bond acceptors (Lipinski definition) is 2. The van der Waals surface area contributed by atoms with Crippen LogP contribution in [0.15, 0.2) is 0 Å². The van der Waals surface area contributed by atoms with Crippen LogP contribution in [0.1, 0.15) is 6.92 Å². The molecule has 1 saturated heterocycles. The quantitative estimate of drug-likeness (QED) is 0.518. The Balaban J connectivity index is 2.37. The Labute approximate surface area is 55.4 Å². The van der Waals surface area contributed by atoms with Crippen molar-refractivity contribution in [1.29, 1.82) is 0 Å². The molecule has 1 N–H and O–H groups in total. The van der Waals surface area contributed by atoms with Gasteiger partial charge in [-0.15, -0.1) is 0 Å². The Morgan fingerprint density at radius 1 is 1.44 bits per heavy atom. The van der Waals surface area contributed by atoms with E-state index in [-0.39, 0.29) is 4.65 Å². The lowest BCUT2D eigenvalue weighted by Crippen LogP contribution is -2.52. The molecule has 3 heteroatoms. The van der Waals surface area contributed by atoms with Crippen LogP contribution in [0.4, 0.5) is 0 Å². The fourth-order valence-corrected chi connectivity index (χ4v) is 0.999. The molecule has 1 fully saturated rings. The largest absolute Gasteiger partial charge is 0.370 e. The van der Waals surface area contributed by atoms with Gasteiger partial charge in [0.15, 0.2) is 0 Å². The summed E-state index contributed by atoms with van der Waals surface area (Å²) in [6.07, 6.45) is 0.